The third-order valence-electron chi connectivity index (χ3n) is 8.68. The lowest BCUT2D eigenvalue weighted by atomic mass is 9.85. The van der Waals surface area contributed by atoms with E-state index in [-0.39, 0.29) is 0 Å². The van der Waals surface area contributed by atoms with Crippen LogP contribution in [0.25, 0.3) is 87.9 Å². The van der Waals surface area contributed by atoms with E-state index < -0.39 is 0 Å². The summed E-state index contributed by atoms with van der Waals surface area (Å²) in [7, 11) is 0. The predicted molar refractivity (Wildman–Crippen MR) is 180 cm³/mol. The van der Waals surface area contributed by atoms with Crippen LogP contribution in [0.5, 0.6) is 0 Å². The van der Waals surface area contributed by atoms with E-state index in [0.717, 1.165) is 38.4 Å². The molecule has 0 fully saturated rings. The largest absolute Gasteiger partial charge is 0.438 e. The number of hydrogen-bond donors (Lipinski definition) is 0. The molecule has 0 aliphatic carbocycles. The molecule has 0 amide bonds. The van der Waals surface area contributed by atoms with Gasteiger partial charge in [-0.05, 0) is 61.5 Å². The van der Waals surface area contributed by atoms with Crippen LogP contribution < -0.4 is 0 Å². The zero-order chi connectivity index (χ0) is 28.3. The van der Waals surface area contributed by atoms with Crippen molar-refractivity contribution in [3.63, 3.8) is 0 Å². The number of furan rings is 1. The second-order valence-corrected chi connectivity index (χ2v) is 11.1. The minimum Gasteiger partial charge on any atom is -0.438 e. The third-order valence-corrected chi connectivity index (χ3v) is 8.68. The first-order valence-electron chi connectivity index (χ1n) is 14.6. The zero-order valence-corrected chi connectivity index (χ0v) is 23.3. The smallest absolute Gasteiger partial charge is 0.228 e. The molecule has 2 heteroatoms. The van der Waals surface area contributed by atoms with Crippen molar-refractivity contribution < 1.29 is 4.42 Å². The topological polar surface area (TPSA) is 26.0 Å². The Kier molecular flexibility index (Phi) is 5.23. The summed E-state index contributed by atoms with van der Waals surface area (Å²) in [5.74, 6) is 0. The van der Waals surface area contributed by atoms with E-state index in [2.05, 4.69) is 133 Å². The monoisotopic (exact) mass is 547 g/mol. The molecule has 7 aromatic carbocycles. The molecule has 9 aromatic rings. The van der Waals surface area contributed by atoms with E-state index in [1.807, 2.05) is 18.2 Å². The molecule has 2 aromatic heterocycles. The van der Waals surface area contributed by atoms with Crippen molar-refractivity contribution in [2.24, 2.45) is 0 Å². The average molecular weight is 548 g/mol. The normalized spacial score (nSPS) is 11.7. The molecule has 9 rings (SSSR count). The number of nitrogens with zero attached hydrogens (tertiary/aromatic N) is 1. The van der Waals surface area contributed by atoms with Gasteiger partial charge in [0.25, 0.3) is 0 Å². The van der Waals surface area contributed by atoms with Gasteiger partial charge in [-0.15, -0.1) is 0 Å². The Morgan fingerprint density at radius 2 is 0.791 bits per heavy atom. The molecule has 0 N–H and O–H groups in total. The van der Waals surface area contributed by atoms with E-state index in [9.17, 15) is 0 Å². The van der Waals surface area contributed by atoms with Crippen LogP contribution in [-0.2, 0) is 0 Å². The van der Waals surface area contributed by atoms with Gasteiger partial charge >= 0.3 is 0 Å². The fourth-order valence-corrected chi connectivity index (χ4v) is 6.84. The summed E-state index contributed by atoms with van der Waals surface area (Å²) in [5, 5.41) is 8.30. The van der Waals surface area contributed by atoms with Gasteiger partial charge in [0.05, 0.1) is 10.9 Å². The van der Waals surface area contributed by atoms with Crippen molar-refractivity contribution in [3.8, 4) is 33.4 Å². The molecule has 0 unspecified atom stereocenters. The van der Waals surface area contributed by atoms with Crippen LogP contribution in [0, 0.1) is 0 Å². The molecular weight excluding hydrogens is 522 g/mol. The van der Waals surface area contributed by atoms with Gasteiger partial charge in [-0.1, -0.05) is 140 Å². The minimum atomic E-state index is 0.674. The fourth-order valence-electron chi connectivity index (χ4n) is 6.84. The summed E-state index contributed by atoms with van der Waals surface area (Å²) < 4.78 is 6.25. The Bertz CT molecular complexity index is 2430. The van der Waals surface area contributed by atoms with Crippen molar-refractivity contribution in [1.82, 2.24) is 4.98 Å². The van der Waals surface area contributed by atoms with Gasteiger partial charge < -0.3 is 4.42 Å². The fraction of sp³-hybridized carbons (Fsp3) is 0. The molecular formula is C41H25NO. The van der Waals surface area contributed by atoms with Crippen molar-refractivity contribution in [3.05, 3.63) is 152 Å². The Morgan fingerprint density at radius 3 is 1.40 bits per heavy atom. The van der Waals surface area contributed by atoms with Crippen molar-refractivity contribution in [2.45, 2.75) is 0 Å². The first-order chi connectivity index (χ1) is 21.3. The summed E-state index contributed by atoms with van der Waals surface area (Å²) in [4.78, 5) is 4.90. The molecule has 0 bridgehead atoms. The number of rotatable bonds is 3. The lowest BCUT2D eigenvalue weighted by Crippen LogP contribution is -1.91. The maximum Gasteiger partial charge on any atom is 0.228 e. The van der Waals surface area contributed by atoms with Crippen LogP contribution in [0.15, 0.2) is 156 Å². The Hall–Kier alpha value is -5.73. The highest BCUT2D eigenvalue weighted by atomic mass is 16.3. The lowest BCUT2D eigenvalue weighted by molar-refractivity contribution is 0.656. The van der Waals surface area contributed by atoms with Crippen LogP contribution in [0.1, 0.15) is 0 Å². The molecule has 0 atom stereocenters. The number of para-hydroxylation sites is 2. The van der Waals surface area contributed by atoms with Gasteiger partial charge in [0.1, 0.15) is 5.58 Å². The van der Waals surface area contributed by atoms with Crippen molar-refractivity contribution >= 4 is 54.5 Å². The average Bonchev–Trinajstić information content (AvgIpc) is 3.44. The highest BCUT2D eigenvalue weighted by molar-refractivity contribution is 6.22. The summed E-state index contributed by atoms with van der Waals surface area (Å²) in [6.07, 6.45) is 0. The Morgan fingerprint density at radius 1 is 0.349 bits per heavy atom. The van der Waals surface area contributed by atoms with Gasteiger partial charge in [0, 0.05) is 16.3 Å². The van der Waals surface area contributed by atoms with Gasteiger partial charge in [-0.2, -0.15) is 0 Å². The molecule has 0 aliphatic rings. The van der Waals surface area contributed by atoms with Crippen LogP contribution in [-0.4, -0.2) is 4.98 Å². The third kappa shape index (κ3) is 3.63. The molecule has 0 spiro atoms. The number of hydrogen-bond acceptors (Lipinski definition) is 2. The molecule has 43 heavy (non-hydrogen) atoms. The van der Waals surface area contributed by atoms with E-state index in [0.29, 0.717) is 5.71 Å². The van der Waals surface area contributed by atoms with Gasteiger partial charge in [0.2, 0.25) is 5.71 Å². The molecule has 2 nitrogen and oxygen atoms in total. The first kappa shape index (κ1) is 23.9. The lowest BCUT2D eigenvalue weighted by Gasteiger charge is -2.18. The van der Waals surface area contributed by atoms with Crippen LogP contribution in [0.4, 0.5) is 0 Å². The Balaban J connectivity index is 1.31. The summed E-state index contributed by atoms with van der Waals surface area (Å²) in [6, 6.07) is 54.0. The number of aromatic nitrogens is 1. The predicted octanol–water partition coefficient (Wildman–Crippen LogP) is 11.4. The quantitative estimate of drug-likeness (QED) is 0.206. The van der Waals surface area contributed by atoms with E-state index in [1.165, 1.54) is 43.8 Å². The molecule has 0 aliphatic heterocycles. The maximum absolute atomic E-state index is 6.25. The second-order valence-electron chi connectivity index (χ2n) is 11.1. The molecule has 0 radical (unpaired) electrons. The summed E-state index contributed by atoms with van der Waals surface area (Å²) in [5.41, 5.74) is 9.74. The maximum atomic E-state index is 6.25. The van der Waals surface area contributed by atoms with Gasteiger partial charge in [-0.3, -0.25) is 0 Å². The van der Waals surface area contributed by atoms with Crippen molar-refractivity contribution in [1.29, 1.82) is 0 Å². The summed E-state index contributed by atoms with van der Waals surface area (Å²) >= 11 is 0. The van der Waals surface area contributed by atoms with Crippen LogP contribution in [0.2, 0.25) is 0 Å². The molecule has 200 valence electrons. The highest BCUT2D eigenvalue weighted by Crippen LogP contribution is 2.45. The Labute approximate surface area is 248 Å². The second kappa shape index (κ2) is 9.40. The zero-order valence-electron chi connectivity index (χ0n) is 23.3. The van der Waals surface area contributed by atoms with Crippen LogP contribution in [0.3, 0.4) is 0 Å². The minimum absolute atomic E-state index is 0.674. The van der Waals surface area contributed by atoms with Gasteiger partial charge in [-0.25, -0.2) is 4.98 Å². The van der Waals surface area contributed by atoms with Gasteiger partial charge in [0.15, 0.2) is 0 Å². The number of fused-ring (bicyclic) bond motifs is 6. The SMILES string of the molecule is c1ccc(-c2c3ccccc3c(-c3ccc(-c4c5ccccc5nc5oc6ccccc6c45)cc3)c3ccccc23)cc1. The standard InChI is InChI=1S/C41H25NO/c1-2-12-26(13-3-1)37-29-14-4-6-16-31(29)38(32-17-7-5-15-30(32)37)27-22-24-28(25-23-27)39-33-18-8-10-20-35(33)42-41-40(39)34-19-9-11-21-36(34)43-41/h1-25H. The summed E-state index contributed by atoms with van der Waals surface area (Å²) in [6.45, 7) is 0. The highest BCUT2D eigenvalue weighted by Gasteiger charge is 2.19. The number of benzene rings is 7. The van der Waals surface area contributed by atoms with E-state index in [1.54, 1.807) is 0 Å². The molecule has 0 saturated heterocycles. The number of pyridine rings is 1. The van der Waals surface area contributed by atoms with Crippen molar-refractivity contribution in [2.75, 3.05) is 0 Å². The van der Waals surface area contributed by atoms with E-state index >= 15 is 0 Å². The molecule has 2 heterocycles. The van der Waals surface area contributed by atoms with E-state index in [4.69, 9.17) is 9.40 Å². The first-order valence-corrected chi connectivity index (χ1v) is 14.6. The molecule has 0 saturated carbocycles. The van der Waals surface area contributed by atoms with Crippen LogP contribution >= 0.6 is 0 Å².